The molecule has 1 N–H and O–H groups in total. The first kappa shape index (κ1) is 13.4. The Hall–Kier alpha value is 0.01000. The van der Waals surface area contributed by atoms with Gasteiger partial charge in [-0.2, -0.15) is 11.8 Å². The monoisotopic (exact) mass is 313 g/mol. The topological polar surface area (TPSA) is 12.0 Å². The van der Waals surface area contributed by atoms with Crippen molar-refractivity contribution in [1.29, 1.82) is 0 Å². The van der Waals surface area contributed by atoms with Crippen molar-refractivity contribution in [1.82, 2.24) is 5.32 Å². The first-order chi connectivity index (χ1) is 8.31. The maximum absolute atomic E-state index is 3.73. The average molecular weight is 314 g/mol. The third-order valence-electron chi connectivity index (χ3n) is 3.52. The number of hydrogen-bond donors (Lipinski definition) is 1. The van der Waals surface area contributed by atoms with Crippen LogP contribution in [0.1, 0.15) is 31.2 Å². The maximum atomic E-state index is 3.73. The van der Waals surface area contributed by atoms with Crippen molar-refractivity contribution in [3.05, 3.63) is 34.3 Å². The number of benzene rings is 1. The molecule has 1 aliphatic carbocycles. The van der Waals surface area contributed by atoms with Crippen molar-refractivity contribution in [3.63, 3.8) is 0 Å². The Morgan fingerprint density at radius 2 is 2.06 bits per heavy atom. The van der Waals surface area contributed by atoms with E-state index in [1.54, 1.807) is 0 Å². The summed E-state index contributed by atoms with van der Waals surface area (Å²) < 4.78 is 1.21. The summed E-state index contributed by atoms with van der Waals surface area (Å²) in [6, 6.07) is 9.16. The third kappa shape index (κ3) is 3.73. The quantitative estimate of drug-likeness (QED) is 0.893. The van der Waals surface area contributed by atoms with E-state index in [1.807, 2.05) is 11.8 Å². The van der Waals surface area contributed by atoms with Gasteiger partial charge in [-0.25, -0.2) is 0 Å². The molecule has 0 aliphatic heterocycles. The number of hydrogen-bond acceptors (Lipinski definition) is 2. The zero-order valence-electron chi connectivity index (χ0n) is 10.3. The van der Waals surface area contributed by atoms with Crippen LogP contribution in [0.2, 0.25) is 0 Å². The van der Waals surface area contributed by atoms with Gasteiger partial charge in [-0.05, 0) is 30.7 Å². The largest absolute Gasteiger partial charge is 0.309 e. The lowest BCUT2D eigenvalue weighted by Gasteiger charge is -2.31. The molecule has 1 aromatic carbocycles. The highest BCUT2D eigenvalue weighted by molar-refractivity contribution is 9.10. The molecule has 0 amide bonds. The molecule has 17 heavy (non-hydrogen) atoms. The summed E-state index contributed by atoms with van der Waals surface area (Å²) in [4.78, 5) is 0. The Morgan fingerprint density at radius 3 is 2.82 bits per heavy atom. The van der Waals surface area contributed by atoms with Gasteiger partial charge in [0.05, 0.1) is 0 Å². The molecule has 1 aliphatic rings. The Morgan fingerprint density at radius 1 is 1.29 bits per heavy atom. The molecule has 0 saturated heterocycles. The van der Waals surface area contributed by atoms with Crippen LogP contribution in [0, 0.1) is 0 Å². The van der Waals surface area contributed by atoms with Crippen LogP contribution in [0.15, 0.2) is 28.7 Å². The average Bonchev–Trinajstić information content (AvgIpc) is 2.38. The zero-order chi connectivity index (χ0) is 12.1. The van der Waals surface area contributed by atoms with Crippen LogP contribution in [0.25, 0.3) is 0 Å². The van der Waals surface area contributed by atoms with Crippen molar-refractivity contribution < 1.29 is 0 Å². The second kappa shape index (κ2) is 6.81. The first-order valence-electron chi connectivity index (χ1n) is 6.31. The van der Waals surface area contributed by atoms with Gasteiger partial charge in [0.1, 0.15) is 0 Å². The SMILES string of the molecule is CSC1CCCCC1NCc1ccccc1Br. The second-order valence-electron chi connectivity index (χ2n) is 4.64. The first-order valence-corrected chi connectivity index (χ1v) is 8.39. The Balaban J connectivity index is 1.90. The third-order valence-corrected chi connectivity index (χ3v) is 5.46. The van der Waals surface area contributed by atoms with E-state index in [-0.39, 0.29) is 0 Å². The Labute approximate surface area is 117 Å². The maximum Gasteiger partial charge on any atom is 0.0220 e. The summed E-state index contributed by atoms with van der Waals surface area (Å²) in [5.74, 6) is 0. The molecule has 0 bridgehead atoms. The van der Waals surface area contributed by atoms with E-state index in [0.717, 1.165) is 11.8 Å². The van der Waals surface area contributed by atoms with E-state index in [1.165, 1.54) is 35.7 Å². The minimum atomic E-state index is 0.686. The highest BCUT2D eigenvalue weighted by Gasteiger charge is 2.23. The van der Waals surface area contributed by atoms with Crippen molar-refractivity contribution >= 4 is 27.7 Å². The van der Waals surface area contributed by atoms with Gasteiger partial charge >= 0.3 is 0 Å². The highest BCUT2D eigenvalue weighted by atomic mass is 79.9. The van der Waals surface area contributed by atoms with Gasteiger partial charge in [0.25, 0.3) is 0 Å². The molecule has 2 atom stereocenters. The fourth-order valence-electron chi connectivity index (χ4n) is 2.50. The van der Waals surface area contributed by atoms with E-state index in [9.17, 15) is 0 Å². The molecule has 1 aromatic rings. The minimum absolute atomic E-state index is 0.686. The predicted octanol–water partition coefficient (Wildman–Crippen LogP) is 4.21. The molecule has 3 heteroatoms. The highest BCUT2D eigenvalue weighted by Crippen LogP contribution is 2.27. The normalized spacial score (nSPS) is 24.8. The van der Waals surface area contributed by atoms with Gasteiger partial charge in [-0.1, -0.05) is 47.0 Å². The minimum Gasteiger partial charge on any atom is -0.309 e. The molecule has 1 nitrogen and oxygen atoms in total. The molecule has 2 unspecified atom stereocenters. The lowest BCUT2D eigenvalue weighted by Crippen LogP contribution is -2.39. The second-order valence-corrected chi connectivity index (χ2v) is 6.57. The molecule has 94 valence electrons. The van der Waals surface area contributed by atoms with E-state index in [2.05, 4.69) is 51.8 Å². The fraction of sp³-hybridized carbons (Fsp3) is 0.571. The lowest BCUT2D eigenvalue weighted by molar-refractivity contribution is 0.383. The Kier molecular flexibility index (Phi) is 5.39. The Bertz CT molecular complexity index is 356. The van der Waals surface area contributed by atoms with Gasteiger partial charge in [-0.15, -0.1) is 0 Å². The van der Waals surface area contributed by atoms with Crippen molar-refractivity contribution in [2.45, 2.75) is 43.5 Å². The van der Waals surface area contributed by atoms with Crippen LogP contribution in [0.3, 0.4) is 0 Å². The van der Waals surface area contributed by atoms with Crippen LogP contribution < -0.4 is 5.32 Å². The van der Waals surface area contributed by atoms with Gasteiger partial charge in [0.15, 0.2) is 0 Å². The number of nitrogens with one attached hydrogen (secondary N) is 1. The molecule has 0 spiro atoms. The molecule has 0 aromatic heterocycles. The van der Waals surface area contributed by atoms with Gasteiger partial charge in [0.2, 0.25) is 0 Å². The van der Waals surface area contributed by atoms with Crippen LogP contribution in [-0.2, 0) is 6.54 Å². The predicted molar refractivity (Wildman–Crippen MR) is 80.5 cm³/mol. The summed E-state index contributed by atoms with van der Waals surface area (Å²) in [6.07, 6.45) is 7.72. The molecule has 1 saturated carbocycles. The van der Waals surface area contributed by atoms with Crippen LogP contribution in [0.5, 0.6) is 0 Å². The summed E-state index contributed by atoms with van der Waals surface area (Å²) >= 11 is 5.63. The standard InChI is InChI=1S/C14H20BrNS/c1-17-14-9-5-4-8-13(14)16-10-11-6-2-3-7-12(11)15/h2-3,6-7,13-14,16H,4-5,8-10H2,1H3. The molecule has 0 radical (unpaired) electrons. The molecule has 1 fully saturated rings. The van der Waals surface area contributed by atoms with Gasteiger partial charge in [-0.3, -0.25) is 0 Å². The zero-order valence-corrected chi connectivity index (χ0v) is 12.7. The summed E-state index contributed by atoms with van der Waals surface area (Å²) in [5, 5.41) is 4.53. The molecule has 2 rings (SSSR count). The molecular weight excluding hydrogens is 294 g/mol. The number of thioether (sulfide) groups is 1. The van der Waals surface area contributed by atoms with Gasteiger partial charge in [0, 0.05) is 22.3 Å². The fourth-order valence-corrected chi connectivity index (χ4v) is 3.88. The van der Waals surface area contributed by atoms with Crippen molar-refractivity contribution in [3.8, 4) is 0 Å². The summed E-state index contributed by atoms with van der Waals surface area (Å²) in [6.45, 7) is 0.975. The lowest BCUT2D eigenvalue weighted by atomic mass is 9.94. The van der Waals surface area contributed by atoms with E-state index >= 15 is 0 Å². The van der Waals surface area contributed by atoms with E-state index in [0.29, 0.717) is 6.04 Å². The molecule has 0 heterocycles. The summed E-state index contributed by atoms with van der Waals surface area (Å²) in [7, 11) is 0. The molecular formula is C14H20BrNS. The van der Waals surface area contributed by atoms with Gasteiger partial charge < -0.3 is 5.32 Å². The van der Waals surface area contributed by atoms with Crippen LogP contribution in [-0.4, -0.2) is 17.5 Å². The number of halogens is 1. The van der Waals surface area contributed by atoms with Crippen LogP contribution in [0.4, 0.5) is 0 Å². The number of rotatable bonds is 4. The summed E-state index contributed by atoms with van der Waals surface area (Å²) in [5.41, 5.74) is 1.36. The van der Waals surface area contributed by atoms with E-state index < -0.39 is 0 Å². The van der Waals surface area contributed by atoms with Crippen molar-refractivity contribution in [2.75, 3.05) is 6.26 Å². The van der Waals surface area contributed by atoms with E-state index in [4.69, 9.17) is 0 Å². The van der Waals surface area contributed by atoms with Crippen LogP contribution >= 0.6 is 27.7 Å². The van der Waals surface area contributed by atoms with Crippen molar-refractivity contribution in [2.24, 2.45) is 0 Å². The smallest absolute Gasteiger partial charge is 0.0220 e.